The number of rotatable bonds is 11. The fourth-order valence-electron chi connectivity index (χ4n) is 3.07. The van der Waals surface area contributed by atoms with E-state index >= 15 is 0 Å². The Balaban J connectivity index is 2.68. The molecule has 0 heterocycles. The highest BCUT2D eigenvalue weighted by atomic mass is 16.3. The van der Waals surface area contributed by atoms with Crippen molar-refractivity contribution in [3.63, 3.8) is 0 Å². The fourth-order valence-corrected chi connectivity index (χ4v) is 3.07. The maximum atomic E-state index is 11.7. The number of hydrogen-bond acceptors (Lipinski definition) is 3. The van der Waals surface area contributed by atoms with Crippen molar-refractivity contribution in [2.75, 3.05) is 33.3 Å². The summed E-state index contributed by atoms with van der Waals surface area (Å²) in [5.41, 5.74) is 1.84. The van der Waals surface area contributed by atoms with Crippen LogP contribution < -0.4 is 16.0 Å². The number of aliphatic imine (C=N–C) groups is 1. The van der Waals surface area contributed by atoms with Crippen molar-refractivity contribution < 1.29 is 9.90 Å². The van der Waals surface area contributed by atoms with Crippen LogP contribution in [-0.2, 0) is 6.42 Å². The summed E-state index contributed by atoms with van der Waals surface area (Å²) in [6, 6.07) is 7.67. The van der Waals surface area contributed by atoms with Gasteiger partial charge in [-0.25, -0.2) is 0 Å². The molecular weight excluding hydrogens is 340 g/mol. The third kappa shape index (κ3) is 7.59. The molecule has 1 amide bonds. The molecule has 0 saturated heterocycles. The lowest BCUT2D eigenvalue weighted by Crippen LogP contribution is -2.39. The Kier molecular flexibility index (Phi) is 10.5. The monoisotopic (exact) mass is 376 g/mol. The molecule has 0 spiro atoms. The molecule has 0 saturated carbocycles. The van der Waals surface area contributed by atoms with Gasteiger partial charge in [0.1, 0.15) is 0 Å². The molecule has 6 heteroatoms. The van der Waals surface area contributed by atoms with E-state index in [2.05, 4.69) is 29.8 Å². The van der Waals surface area contributed by atoms with E-state index in [0.29, 0.717) is 12.1 Å². The van der Waals surface area contributed by atoms with E-state index in [9.17, 15) is 9.90 Å². The van der Waals surface area contributed by atoms with Crippen LogP contribution in [0.2, 0.25) is 0 Å². The first-order valence-corrected chi connectivity index (χ1v) is 9.98. The number of carbonyl (C=O) groups excluding carboxylic acids is 1. The molecule has 0 radical (unpaired) electrons. The average Bonchev–Trinajstić information content (AvgIpc) is 2.70. The molecule has 27 heavy (non-hydrogen) atoms. The summed E-state index contributed by atoms with van der Waals surface area (Å²) in [4.78, 5) is 16.5. The van der Waals surface area contributed by atoms with Gasteiger partial charge < -0.3 is 21.1 Å². The van der Waals surface area contributed by atoms with Crippen molar-refractivity contribution in [2.24, 2.45) is 10.4 Å². The predicted octanol–water partition coefficient (Wildman–Crippen LogP) is 2.33. The lowest BCUT2D eigenvalue weighted by molar-refractivity contribution is 0.0963. The number of amides is 1. The average molecular weight is 377 g/mol. The fraction of sp³-hybridized carbons (Fsp3) is 0.619. The SMILES string of the molecule is CCNC(=NCC(CC)(CC)CCO)NCCc1cccc(C(=O)NC)c1. The molecule has 0 aliphatic carbocycles. The molecular formula is C21H36N4O2. The highest BCUT2D eigenvalue weighted by molar-refractivity contribution is 5.94. The zero-order valence-electron chi connectivity index (χ0n) is 17.3. The van der Waals surface area contributed by atoms with Crippen molar-refractivity contribution in [3.05, 3.63) is 35.4 Å². The Morgan fingerprint density at radius 3 is 2.52 bits per heavy atom. The summed E-state index contributed by atoms with van der Waals surface area (Å²) in [6.07, 6.45) is 3.58. The van der Waals surface area contributed by atoms with Crippen molar-refractivity contribution in [3.8, 4) is 0 Å². The van der Waals surface area contributed by atoms with Crippen LogP contribution >= 0.6 is 0 Å². The Bertz CT molecular complexity index is 598. The summed E-state index contributed by atoms with van der Waals surface area (Å²) in [6.45, 7) is 8.79. The maximum Gasteiger partial charge on any atom is 0.251 e. The van der Waals surface area contributed by atoms with Gasteiger partial charge in [-0.2, -0.15) is 0 Å². The van der Waals surface area contributed by atoms with Crippen LogP contribution in [-0.4, -0.2) is 50.3 Å². The second kappa shape index (κ2) is 12.3. The number of nitrogens with one attached hydrogen (secondary N) is 3. The van der Waals surface area contributed by atoms with E-state index < -0.39 is 0 Å². The minimum absolute atomic E-state index is 0.0545. The Morgan fingerprint density at radius 2 is 1.93 bits per heavy atom. The first-order chi connectivity index (χ1) is 13.0. The topological polar surface area (TPSA) is 85.8 Å². The molecule has 0 aliphatic rings. The zero-order valence-corrected chi connectivity index (χ0v) is 17.3. The second-order valence-electron chi connectivity index (χ2n) is 6.83. The van der Waals surface area contributed by atoms with Gasteiger partial charge in [0.25, 0.3) is 5.91 Å². The molecule has 0 atom stereocenters. The smallest absolute Gasteiger partial charge is 0.251 e. The van der Waals surface area contributed by atoms with Gasteiger partial charge in [-0.05, 0) is 55.7 Å². The van der Waals surface area contributed by atoms with Gasteiger partial charge in [0.05, 0.1) is 0 Å². The van der Waals surface area contributed by atoms with Crippen LogP contribution in [0.3, 0.4) is 0 Å². The molecule has 0 unspecified atom stereocenters. The van der Waals surface area contributed by atoms with Gasteiger partial charge in [0.15, 0.2) is 5.96 Å². The number of hydrogen-bond donors (Lipinski definition) is 4. The number of guanidine groups is 1. The Hall–Kier alpha value is -2.08. The van der Waals surface area contributed by atoms with E-state index in [1.807, 2.05) is 31.2 Å². The first kappa shape index (κ1) is 23.0. The normalized spacial score (nSPS) is 12.0. The Morgan fingerprint density at radius 1 is 1.19 bits per heavy atom. The van der Waals surface area contributed by atoms with Crippen LogP contribution in [0.4, 0.5) is 0 Å². The van der Waals surface area contributed by atoms with Gasteiger partial charge in [-0.1, -0.05) is 26.0 Å². The highest BCUT2D eigenvalue weighted by Gasteiger charge is 2.25. The minimum Gasteiger partial charge on any atom is -0.396 e. The molecule has 1 aromatic carbocycles. The Labute approximate surface area is 163 Å². The third-order valence-electron chi connectivity index (χ3n) is 5.18. The molecule has 0 aromatic heterocycles. The summed E-state index contributed by atoms with van der Waals surface area (Å²) < 4.78 is 0. The van der Waals surface area contributed by atoms with E-state index in [1.165, 1.54) is 0 Å². The summed E-state index contributed by atoms with van der Waals surface area (Å²) in [5, 5.41) is 18.7. The summed E-state index contributed by atoms with van der Waals surface area (Å²) in [5.74, 6) is 0.725. The standard InChI is InChI=1S/C21H36N4O2/c1-5-21(6-2,12-14-26)16-25-20(23-7-3)24-13-11-17-9-8-10-18(15-17)19(27)22-4/h8-10,15,26H,5-7,11-14,16H2,1-4H3,(H,22,27)(H2,23,24,25). The molecule has 4 N–H and O–H groups in total. The third-order valence-corrected chi connectivity index (χ3v) is 5.18. The number of benzene rings is 1. The van der Waals surface area contributed by atoms with E-state index in [-0.39, 0.29) is 17.9 Å². The van der Waals surface area contributed by atoms with Crippen molar-refractivity contribution in [1.82, 2.24) is 16.0 Å². The molecule has 0 aliphatic heterocycles. The predicted molar refractivity (Wildman–Crippen MR) is 112 cm³/mol. The number of aliphatic hydroxyl groups excluding tert-OH is 1. The lowest BCUT2D eigenvalue weighted by Gasteiger charge is -2.29. The van der Waals surface area contributed by atoms with Crippen LogP contribution in [0.25, 0.3) is 0 Å². The summed E-state index contributed by atoms with van der Waals surface area (Å²) >= 11 is 0. The van der Waals surface area contributed by atoms with E-state index in [1.54, 1.807) is 7.05 Å². The van der Waals surface area contributed by atoms with Crippen molar-refractivity contribution in [2.45, 2.75) is 46.5 Å². The van der Waals surface area contributed by atoms with Gasteiger partial charge in [-0.15, -0.1) is 0 Å². The lowest BCUT2D eigenvalue weighted by atomic mass is 9.79. The van der Waals surface area contributed by atoms with Gasteiger partial charge >= 0.3 is 0 Å². The van der Waals surface area contributed by atoms with E-state index in [4.69, 9.17) is 4.99 Å². The zero-order chi connectivity index (χ0) is 20.1. The quantitative estimate of drug-likeness (QED) is 0.353. The number of aliphatic hydroxyl groups is 1. The van der Waals surface area contributed by atoms with Gasteiger partial charge in [-0.3, -0.25) is 9.79 Å². The van der Waals surface area contributed by atoms with E-state index in [0.717, 1.165) is 50.3 Å². The van der Waals surface area contributed by atoms with Crippen LogP contribution in [0.5, 0.6) is 0 Å². The van der Waals surface area contributed by atoms with Crippen LogP contribution in [0.15, 0.2) is 29.3 Å². The van der Waals surface area contributed by atoms with Crippen LogP contribution in [0, 0.1) is 5.41 Å². The second-order valence-corrected chi connectivity index (χ2v) is 6.83. The molecule has 152 valence electrons. The van der Waals surface area contributed by atoms with Crippen LogP contribution in [0.1, 0.15) is 56.0 Å². The number of nitrogens with zero attached hydrogens (tertiary/aromatic N) is 1. The largest absolute Gasteiger partial charge is 0.396 e. The van der Waals surface area contributed by atoms with Crippen molar-refractivity contribution >= 4 is 11.9 Å². The van der Waals surface area contributed by atoms with Gasteiger partial charge in [0.2, 0.25) is 0 Å². The molecule has 1 aromatic rings. The molecule has 0 bridgehead atoms. The summed E-state index contributed by atoms with van der Waals surface area (Å²) in [7, 11) is 1.64. The number of carbonyl (C=O) groups is 1. The molecule has 1 rings (SSSR count). The van der Waals surface area contributed by atoms with Gasteiger partial charge in [0, 0.05) is 38.9 Å². The highest BCUT2D eigenvalue weighted by Crippen LogP contribution is 2.30. The molecule has 6 nitrogen and oxygen atoms in total. The first-order valence-electron chi connectivity index (χ1n) is 9.98. The maximum absolute atomic E-state index is 11.7. The minimum atomic E-state index is -0.0703. The van der Waals surface area contributed by atoms with Crippen molar-refractivity contribution in [1.29, 1.82) is 0 Å². The molecule has 0 fully saturated rings.